The third-order valence-corrected chi connectivity index (χ3v) is 7.87. The molecule has 3 aromatic carbocycles. The fourth-order valence-electron chi connectivity index (χ4n) is 3.21. The van der Waals surface area contributed by atoms with Gasteiger partial charge in [-0.25, -0.2) is 0 Å². The second kappa shape index (κ2) is 9.77. The Labute approximate surface area is 210 Å². The molecule has 0 spiro atoms. The average Bonchev–Trinajstić information content (AvgIpc) is 3.04. The molecule has 3 aromatic rings. The van der Waals surface area contributed by atoms with Crippen molar-refractivity contribution in [1.82, 2.24) is 4.90 Å². The van der Waals surface area contributed by atoms with Crippen LogP contribution in [-0.4, -0.2) is 24.5 Å². The summed E-state index contributed by atoms with van der Waals surface area (Å²) in [6, 6.07) is 18.8. The summed E-state index contributed by atoms with van der Waals surface area (Å²) >= 11 is 4.21. The highest BCUT2D eigenvalue weighted by molar-refractivity contribution is 9.10. The summed E-state index contributed by atoms with van der Waals surface area (Å²) in [5.41, 5.74) is 3.52. The van der Waals surface area contributed by atoms with Crippen LogP contribution in [-0.2, 0) is 21.5 Å². The zero-order valence-corrected chi connectivity index (χ0v) is 21.5. The second-order valence-electron chi connectivity index (χ2n) is 7.79. The highest BCUT2D eigenvalue weighted by Gasteiger charge is 2.35. The quantitative estimate of drug-likeness (QED) is 0.270. The van der Waals surface area contributed by atoms with Gasteiger partial charge in [-0.15, -0.1) is 0 Å². The summed E-state index contributed by atoms with van der Waals surface area (Å²) in [4.78, 5) is 26.8. The molecule has 1 heterocycles. The Balaban J connectivity index is 1.51. The number of halogens is 1. The zero-order chi connectivity index (χ0) is 24.5. The van der Waals surface area contributed by atoms with E-state index in [1.54, 1.807) is 30.3 Å². The first-order valence-corrected chi connectivity index (χ1v) is 13.3. The molecule has 0 N–H and O–H groups in total. The highest BCUT2D eigenvalue weighted by Crippen LogP contribution is 2.35. The number of carbonyl (C=O) groups excluding carboxylic acids is 2. The van der Waals surface area contributed by atoms with E-state index in [0.717, 1.165) is 28.5 Å². The number of imide groups is 1. The van der Waals surface area contributed by atoms with Gasteiger partial charge in [0.25, 0.3) is 11.1 Å². The van der Waals surface area contributed by atoms with Gasteiger partial charge in [0.15, 0.2) is 5.75 Å². The third kappa shape index (κ3) is 5.43. The van der Waals surface area contributed by atoms with Gasteiger partial charge in [-0.2, -0.15) is 8.42 Å². The molecular formula is C25H20BrNO5S2. The molecule has 4 rings (SSSR count). The summed E-state index contributed by atoms with van der Waals surface area (Å²) in [6.07, 6.45) is 1.60. The Morgan fingerprint density at radius 3 is 2.18 bits per heavy atom. The summed E-state index contributed by atoms with van der Waals surface area (Å²) in [6.45, 7) is 4.04. The van der Waals surface area contributed by atoms with Gasteiger partial charge in [0.1, 0.15) is 4.90 Å². The first-order chi connectivity index (χ1) is 16.1. The molecule has 34 heavy (non-hydrogen) atoms. The van der Waals surface area contributed by atoms with Crippen molar-refractivity contribution in [2.45, 2.75) is 25.3 Å². The number of carbonyl (C=O) groups is 2. The lowest BCUT2D eigenvalue weighted by atomic mass is 10.1. The van der Waals surface area contributed by atoms with E-state index >= 15 is 0 Å². The largest absolute Gasteiger partial charge is 0.378 e. The topological polar surface area (TPSA) is 80.8 Å². The van der Waals surface area contributed by atoms with Gasteiger partial charge in [0.05, 0.1) is 15.9 Å². The predicted octanol–water partition coefficient (Wildman–Crippen LogP) is 6.07. The average molecular weight is 558 g/mol. The van der Waals surface area contributed by atoms with Gasteiger partial charge >= 0.3 is 10.1 Å². The number of amides is 2. The lowest BCUT2D eigenvalue weighted by Crippen LogP contribution is -2.27. The molecule has 9 heteroatoms. The molecule has 2 amide bonds. The summed E-state index contributed by atoms with van der Waals surface area (Å²) in [5.74, 6) is -0.251. The summed E-state index contributed by atoms with van der Waals surface area (Å²) in [5, 5.41) is -0.333. The van der Waals surface area contributed by atoms with Crippen molar-refractivity contribution in [3.8, 4) is 5.75 Å². The van der Waals surface area contributed by atoms with Gasteiger partial charge in [-0.1, -0.05) is 53.6 Å². The van der Waals surface area contributed by atoms with Crippen molar-refractivity contribution in [3.05, 3.63) is 98.4 Å². The molecule has 0 radical (unpaired) electrons. The Bertz CT molecular complexity index is 1400. The lowest BCUT2D eigenvalue weighted by Gasteiger charge is -2.12. The normalized spacial score (nSPS) is 15.3. The minimum Gasteiger partial charge on any atom is -0.378 e. The number of benzene rings is 3. The molecule has 0 bridgehead atoms. The molecule has 0 unspecified atom stereocenters. The summed E-state index contributed by atoms with van der Waals surface area (Å²) in [7, 11) is -4.00. The SMILES string of the molecule is Cc1ccc(CN2C(=O)S/C(=C\c3ccc(OS(=O)(=O)c4ccc(C)cc4)c(Br)c3)C2=O)cc1. The van der Waals surface area contributed by atoms with Crippen molar-refractivity contribution in [1.29, 1.82) is 0 Å². The number of hydrogen-bond acceptors (Lipinski definition) is 6. The Morgan fingerprint density at radius 1 is 0.941 bits per heavy atom. The summed E-state index contributed by atoms with van der Waals surface area (Å²) < 4.78 is 30.8. The van der Waals surface area contributed by atoms with Gasteiger partial charge in [0, 0.05) is 0 Å². The van der Waals surface area contributed by atoms with Crippen LogP contribution in [0.3, 0.4) is 0 Å². The first kappa shape index (κ1) is 24.3. The predicted molar refractivity (Wildman–Crippen MR) is 136 cm³/mol. The van der Waals surface area contributed by atoms with Gasteiger partial charge < -0.3 is 4.18 Å². The number of thioether (sulfide) groups is 1. The maximum absolute atomic E-state index is 12.8. The molecule has 0 saturated carbocycles. The molecule has 6 nitrogen and oxygen atoms in total. The van der Waals surface area contributed by atoms with Gasteiger partial charge in [-0.3, -0.25) is 14.5 Å². The molecule has 174 valence electrons. The van der Waals surface area contributed by atoms with Crippen LogP contribution in [0.1, 0.15) is 22.3 Å². The number of aryl methyl sites for hydroxylation is 2. The number of rotatable bonds is 6. The second-order valence-corrected chi connectivity index (χ2v) is 11.2. The molecule has 1 aliphatic rings. The zero-order valence-electron chi connectivity index (χ0n) is 18.3. The Hall–Kier alpha value is -2.88. The van der Waals surface area contributed by atoms with E-state index in [9.17, 15) is 18.0 Å². The molecule has 0 aliphatic carbocycles. The van der Waals surface area contributed by atoms with Crippen LogP contribution in [0.5, 0.6) is 5.75 Å². The van der Waals surface area contributed by atoms with Gasteiger partial charge in [-0.05, 0) is 83.0 Å². The maximum atomic E-state index is 12.8. The number of nitrogens with zero attached hydrogens (tertiary/aromatic N) is 1. The van der Waals surface area contributed by atoms with E-state index in [0.29, 0.717) is 14.9 Å². The van der Waals surface area contributed by atoms with E-state index in [1.807, 2.05) is 38.1 Å². The van der Waals surface area contributed by atoms with Crippen LogP contribution >= 0.6 is 27.7 Å². The van der Waals surface area contributed by atoms with Crippen molar-refractivity contribution < 1.29 is 22.2 Å². The molecular weight excluding hydrogens is 538 g/mol. The van der Waals surface area contributed by atoms with Crippen LogP contribution in [0.15, 0.2) is 81.0 Å². The Kier molecular flexibility index (Phi) is 6.97. The van der Waals surface area contributed by atoms with E-state index in [1.165, 1.54) is 23.1 Å². The molecule has 1 aliphatic heterocycles. The van der Waals surface area contributed by atoms with Crippen LogP contribution < -0.4 is 4.18 Å². The molecule has 1 saturated heterocycles. The molecule has 0 atom stereocenters. The van der Waals surface area contributed by atoms with E-state index in [4.69, 9.17) is 4.18 Å². The van der Waals surface area contributed by atoms with E-state index < -0.39 is 10.1 Å². The third-order valence-electron chi connectivity index (χ3n) is 5.10. The highest BCUT2D eigenvalue weighted by atomic mass is 79.9. The smallest absolute Gasteiger partial charge is 0.339 e. The van der Waals surface area contributed by atoms with Crippen LogP contribution in [0.4, 0.5) is 4.79 Å². The Morgan fingerprint density at radius 2 is 1.56 bits per heavy atom. The van der Waals surface area contributed by atoms with Crippen molar-refractivity contribution in [3.63, 3.8) is 0 Å². The monoisotopic (exact) mass is 557 g/mol. The minimum absolute atomic E-state index is 0.0522. The molecule has 0 aromatic heterocycles. The van der Waals surface area contributed by atoms with Crippen LogP contribution in [0.2, 0.25) is 0 Å². The minimum atomic E-state index is -4.00. The first-order valence-electron chi connectivity index (χ1n) is 10.2. The van der Waals surface area contributed by atoms with Crippen molar-refractivity contribution in [2.24, 2.45) is 0 Å². The maximum Gasteiger partial charge on any atom is 0.339 e. The molecule has 1 fully saturated rings. The van der Waals surface area contributed by atoms with E-state index in [-0.39, 0.29) is 28.3 Å². The number of hydrogen-bond donors (Lipinski definition) is 0. The van der Waals surface area contributed by atoms with Gasteiger partial charge in [0.2, 0.25) is 0 Å². The van der Waals surface area contributed by atoms with Crippen molar-refractivity contribution in [2.75, 3.05) is 0 Å². The van der Waals surface area contributed by atoms with Crippen molar-refractivity contribution >= 4 is 55.0 Å². The lowest BCUT2D eigenvalue weighted by molar-refractivity contribution is -0.123. The fourth-order valence-corrected chi connectivity index (χ4v) is 5.58. The fraction of sp³-hybridized carbons (Fsp3) is 0.120. The van der Waals surface area contributed by atoms with Crippen LogP contribution in [0, 0.1) is 13.8 Å². The van der Waals surface area contributed by atoms with E-state index in [2.05, 4.69) is 15.9 Å². The van der Waals surface area contributed by atoms with Crippen LogP contribution in [0.25, 0.3) is 6.08 Å². The standard InChI is InChI=1S/C25H20BrNO5S2/c1-16-3-7-18(8-4-16)15-27-24(28)23(33-25(27)29)14-19-9-12-22(21(26)13-19)32-34(30,31)20-10-5-17(2)6-11-20/h3-14H,15H2,1-2H3/b23-14-.